The molecule has 0 saturated carbocycles. The van der Waals surface area contributed by atoms with E-state index in [-0.39, 0.29) is 5.91 Å². The third-order valence-electron chi connectivity index (χ3n) is 5.60. The number of hydrogen-bond acceptors (Lipinski definition) is 5. The second kappa shape index (κ2) is 9.77. The number of carbonyl (C=O) groups is 1. The lowest BCUT2D eigenvalue weighted by molar-refractivity contribution is -0.113. The minimum absolute atomic E-state index is 0.232. The van der Waals surface area contributed by atoms with Gasteiger partial charge in [-0.2, -0.15) is 4.99 Å². The number of carbonyl (C=O) groups excluding carboxylic acids is 1. The van der Waals surface area contributed by atoms with Crippen LogP contribution in [0.15, 0.2) is 75.0 Å². The van der Waals surface area contributed by atoms with Crippen molar-refractivity contribution in [2.24, 2.45) is 4.99 Å². The number of piperazine rings is 1. The number of rotatable bonds is 4. The fourth-order valence-electron chi connectivity index (χ4n) is 3.87. The van der Waals surface area contributed by atoms with Crippen molar-refractivity contribution in [2.45, 2.75) is 6.54 Å². The Morgan fingerprint density at radius 3 is 2.55 bits per heavy atom. The number of hydrogen-bond donors (Lipinski definition) is 0. The smallest absolute Gasteiger partial charge is 0.286 e. The Labute approximate surface area is 206 Å². The predicted molar refractivity (Wildman–Crippen MR) is 135 cm³/mol. The van der Waals surface area contributed by atoms with Gasteiger partial charge in [-0.1, -0.05) is 53.5 Å². The monoisotopic (exact) mass is 497 g/mol. The topological polar surface area (TPSA) is 49.1 Å². The molecule has 5 nitrogen and oxygen atoms in total. The lowest BCUT2D eigenvalue weighted by Crippen LogP contribution is -2.47. The molecule has 1 amide bonds. The van der Waals surface area contributed by atoms with Crippen LogP contribution in [0.25, 0.3) is 17.4 Å². The first kappa shape index (κ1) is 22.3. The lowest BCUT2D eigenvalue weighted by Gasteiger charge is -2.35. The molecule has 3 aromatic rings. The summed E-state index contributed by atoms with van der Waals surface area (Å²) < 4.78 is 5.91. The fourth-order valence-corrected chi connectivity index (χ4v) is 5.31. The molecular weight excluding hydrogens is 477 g/mol. The maximum Gasteiger partial charge on any atom is 0.286 e. The molecule has 0 N–H and O–H groups in total. The van der Waals surface area contributed by atoms with Gasteiger partial charge in [-0.05, 0) is 47.7 Å². The number of halogens is 2. The number of thioether (sulfide) groups is 1. The van der Waals surface area contributed by atoms with Gasteiger partial charge in [0.05, 0.1) is 9.93 Å². The van der Waals surface area contributed by atoms with Crippen LogP contribution in [0.2, 0.25) is 10.0 Å². The summed E-state index contributed by atoms with van der Waals surface area (Å²) in [5, 5.41) is 1.84. The molecular formula is C25H21Cl2N3O2S. The molecule has 2 aliphatic heterocycles. The molecule has 0 radical (unpaired) electrons. The minimum atomic E-state index is -0.232. The zero-order valence-electron chi connectivity index (χ0n) is 17.7. The number of nitrogens with zero attached hydrogens (tertiary/aromatic N) is 3. The van der Waals surface area contributed by atoms with E-state index in [1.54, 1.807) is 18.2 Å². The summed E-state index contributed by atoms with van der Waals surface area (Å²) in [4.78, 5) is 22.0. The molecule has 0 unspecified atom stereocenters. The summed E-state index contributed by atoms with van der Waals surface area (Å²) in [6.45, 7) is 4.51. The van der Waals surface area contributed by atoms with Crippen molar-refractivity contribution in [1.82, 2.24) is 9.80 Å². The highest BCUT2D eigenvalue weighted by Crippen LogP contribution is 2.34. The molecule has 168 valence electrons. The van der Waals surface area contributed by atoms with Crippen molar-refractivity contribution in [3.05, 3.63) is 86.9 Å². The van der Waals surface area contributed by atoms with E-state index in [0.29, 0.717) is 26.5 Å². The number of furan rings is 1. The molecule has 0 bridgehead atoms. The van der Waals surface area contributed by atoms with E-state index < -0.39 is 0 Å². The molecule has 3 heterocycles. The Morgan fingerprint density at radius 2 is 1.79 bits per heavy atom. The van der Waals surface area contributed by atoms with Gasteiger partial charge >= 0.3 is 0 Å². The minimum Gasteiger partial charge on any atom is -0.457 e. The van der Waals surface area contributed by atoms with E-state index in [1.165, 1.54) is 17.3 Å². The molecule has 1 fully saturated rings. The summed E-state index contributed by atoms with van der Waals surface area (Å²) in [5.74, 6) is 0.967. The molecule has 1 saturated heterocycles. The van der Waals surface area contributed by atoms with E-state index in [1.807, 2.05) is 24.3 Å². The van der Waals surface area contributed by atoms with E-state index in [9.17, 15) is 4.79 Å². The van der Waals surface area contributed by atoms with Crippen molar-refractivity contribution in [3.63, 3.8) is 0 Å². The van der Waals surface area contributed by atoms with Gasteiger partial charge in [0, 0.05) is 49.4 Å². The summed E-state index contributed by atoms with van der Waals surface area (Å²) in [7, 11) is 0. The molecule has 5 rings (SSSR count). The van der Waals surface area contributed by atoms with Crippen LogP contribution < -0.4 is 0 Å². The van der Waals surface area contributed by atoms with Crippen LogP contribution in [-0.4, -0.2) is 47.1 Å². The zero-order valence-corrected chi connectivity index (χ0v) is 20.0. The van der Waals surface area contributed by atoms with Gasteiger partial charge in [0.25, 0.3) is 5.91 Å². The fraction of sp³-hybridized carbons (Fsp3) is 0.200. The van der Waals surface area contributed by atoms with E-state index in [0.717, 1.165) is 43.5 Å². The van der Waals surface area contributed by atoms with Crippen LogP contribution in [-0.2, 0) is 11.3 Å². The highest BCUT2D eigenvalue weighted by Gasteiger charge is 2.28. The molecule has 8 heteroatoms. The first-order valence-corrected chi connectivity index (χ1v) is 12.2. The van der Waals surface area contributed by atoms with Crippen molar-refractivity contribution in [2.75, 3.05) is 26.2 Å². The van der Waals surface area contributed by atoms with Crippen LogP contribution >= 0.6 is 35.0 Å². The number of amidine groups is 1. The molecule has 2 aromatic carbocycles. The molecule has 33 heavy (non-hydrogen) atoms. The van der Waals surface area contributed by atoms with E-state index in [2.05, 4.69) is 39.1 Å². The Kier molecular flexibility index (Phi) is 6.60. The SMILES string of the molecule is O=C1N=C(N2CCN(Cc3ccccc3)CC2)S/C1=C\c1ccc(-c2ccc(Cl)cc2Cl)o1. The van der Waals surface area contributed by atoms with Crippen molar-refractivity contribution in [3.8, 4) is 11.3 Å². The van der Waals surface area contributed by atoms with Gasteiger partial charge < -0.3 is 9.32 Å². The highest BCUT2D eigenvalue weighted by molar-refractivity contribution is 8.18. The first-order valence-electron chi connectivity index (χ1n) is 10.6. The molecule has 0 atom stereocenters. The highest BCUT2D eigenvalue weighted by atomic mass is 35.5. The third-order valence-corrected chi connectivity index (χ3v) is 7.19. The average Bonchev–Trinajstić information content (AvgIpc) is 3.42. The van der Waals surface area contributed by atoms with Gasteiger partial charge in [0.2, 0.25) is 0 Å². The summed E-state index contributed by atoms with van der Waals surface area (Å²) in [5.41, 5.74) is 2.07. The normalized spacial score (nSPS) is 18.2. The Balaban J connectivity index is 1.21. The average molecular weight is 498 g/mol. The summed E-state index contributed by atoms with van der Waals surface area (Å²) >= 11 is 13.7. The molecule has 0 spiro atoms. The molecule has 2 aliphatic rings. The zero-order chi connectivity index (χ0) is 22.8. The Bertz CT molecular complexity index is 1230. The Hall–Kier alpha value is -2.51. The van der Waals surface area contributed by atoms with Crippen LogP contribution in [0.3, 0.4) is 0 Å². The second-order valence-corrected chi connectivity index (χ2v) is 9.74. The number of aliphatic imine (C=N–C) groups is 1. The van der Waals surface area contributed by atoms with Crippen LogP contribution in [0.5, 0.6) is 0 Å². The lowest BCUT2D eigenvalue weighted by atomic mass is 10.2. The maximum atomic E-state index is 12.5. The first-order chi connectivity index (χ1) is 16.0. The van der Waals surface area contributed by atoms with Gasteiger partial charge in [0.15, 0.2) is 5.17 Å². The van der Waals surface area contributed by atoms with Crippen molar-refractivity contribution in [1.29, 1.82) is 0 Å². The molecule has 0 aliphatic carbocycles. The second-order valence-electron chi connectivity index (χ2n) is 7.89. The van der Waals surface area contributed by atoms with Crippen LogP contribution in [0.1, 0.15) is 11.3 Å². The van der Waals surface area contributed by atoms with Crippen molar-refractivity contribution < 1.29 is 9.21 Å². The molecule has 1 aromatic heterocycles. The van der Waals surface area contributed by atoms with E-state index in [4.69, 9.17) is 27.6 Å². The largest absolute Gasteiger partial charge is 0.457 e. The van der Waals surface area contributed by atoms with E-state index >= 15 is 0 Å². The quantitative estimate of drug-likeness (QED) is 0.411. The van der Waals surface area contributed by atoms with Crippen molar-refractivity contribution >= 4 is 52.1 Å². The van der Waals surface area contributed by atoms with Gasteiger partial charge in [-0.3, -0.25) is 9.69 Å². The summed E-state index contributed by atoms with van der Waals surface area (Å²) in [6.07, 6.45) is 1.74. The van der Waals surface area contributed by atoms with Crippen LogP contribution in [0.4, 0.5) is 0 Å². The number of amides is 1. The summed E-state index contributed by atoms with van der Waals surface area (Å²) in [6, 6.07) is 19.4. The maximum absolute atomic E-state index is 12.5. The Morgan fingerprint density at radius 1 is 1.00 bits per heavy atom. The number of benzene rings is 2. The van der Waals surface area contributed by atoms with Crippen LogP contribution in [0, 0.1) is 0 Å². The van der Waals surface area contributed by atoms with Gasteiger partial charge in [-0.15, -0.1) is 0 Å². The third kappa shape index (κ3) is 5.20. The predicted octanol–water partition coefficient (Wildman–Crippen LogP) is 6.04. The van der Waals surface area contributed by atoms with Gasteiger partial charge in [0.1, 0.15) is 11.5 Å². The van der Waals surface area contributed by atoms with Gasteiger partial charge in [-0.25, -0.2) is 0 Å². The standard InChI is InChI=1S/C25H21Cl2N3O2S/c26-18-6-8-20(21(27)14-18)22-9-7-19(32-22)15-23-24(31)28-25(33-23)30-12-10-29(11-13-30)16-17-4-2-1-3-5-17/h1-9,14-15H,10-13,16H2/b23-15-.